The monoisotopic (exact) mass is 546 g/mol. The smallest absolute Gasteiger partial charge is 0.331 e. The van der Waals surface area contributed by atoms with E-state index in [1.807, 2.05) is 0 Å². The van der Waals surface area contributed by atoms with Crippen molar-refractivity contribution in [2.24, 2.45) is 0 Å². The van der Waals surface area contributed by atoms with Crippen LogP contribution < -0.4 is 10.6 Å². The van der Waals surface area contributed by atoms with Crippen molar-refractivity contribution < 1.29 is 57.2 Å². The molecule has 0 aromatic heterocycles. The van der Waals surface area contributed by atoms with E-state index in [4.69, 9.17) is 28.4 Å². The molecule has 0 saturated carbocycles. The molecule has 2 N–H and O–H groups in total. The van der Waals surface area contributed by atoms with Crippen molar-refractivity contribution in [2.75, 3.05) is 6.61 Å². The van der Waals surface area contributed by atoms with E-state index < -0.39 is 90.7 Å². The second-order valence-corrected chi connectivity index (χ2v) is 9.77. The SMILES string of the molecule is CC(=O)N[C@H]1[C@@H](O[C@H](C)[C@H](NC(C)=O)C(=O)OC(C)(C)C)O[C@H](COC(C)=O)[C@H](OC(C)=O)[C@@H]1OC(C)=O. The number of carbonyl (C=O) groups excluding carboxylic acids is 6. The summed E-state index contributed by atoms with van der Waals surface area (Å²) in [6, 6.07) is -2.54. The van der Waals surface area contributed by atoms with Crippen molar-refractivity contribution in [3.05, 3.63) is 0 Å². The van der Waals surface area contributed by atoms with Crippen molar-refractivity contribution in [1.82, 2.24) is 10.6 Å². The van der Waals surface area contributed by atoms with Crippen LogP contribution in [-0.4, -0.2) is 90.7 Å². The first-order valence-electron chi connectivity index (χ1n) is 12.0. The van der Waals surface area contributed by atoms with E-state index in [2.05, 4.69) is 10.6 Å². The van der Waals surface area contributed by atoms with Gasteiger partial charge in [-0.1, -0.05) is 0 Å². The molecule has 0 radical (unpaired) electrons. The van der Waals surface area contributed by atoms with Crippen LogP contribution in [0.4, 0.5) is 0 Å². The minimum atomic E-state index is -1.43. The summed E-state index contributed by atoms with van der Waals surface area (Å²) >= 11 is 0. The van der Waals surface area contributed by atoms with E-state index >= 15 is 0 Å². The van der Waals surface area contributed by atoms with Gasteiger partial charge in [-0.3, -0.25) is 24.0 Å². The van der Waals surface area contributed by atoms with Crippen LogP contribution in [0.5, 0.6) is 0 Å². The minimum absolute atomic E-state index is 0.423. The van der Waals surface area contributed by atoms with Crippen molar-refractivity contribution in [3.63, 3.8) is 0 Å². The Kier molecular flexibility index (Phi) is 12.1. The van der Waals surface area contributed by atoms with Crippen molar-refractivity contribution in [1.29, 1.82) is 0 Å². The summed E-state index contributed by atoms with van der Waals surface area (Å²) in [5.41, 5.74) is -0.875. The van der Waals surface area contributed by atoms with Crippen LogP contribution in [0.1, 0.15) is 62.3 Å². The highest BCUT2D eigenvalue weighted by atomic mass is 16.7. The predicted molar refractivity (Wildman–Crippen MR) is 128 cm³/mol. The van der Waals surface area contributed by atoms with Gasteiger partial charge in [-0.25, -0.2) is 4.79 Å². The van der Waals surface area contributed by atoms with Gasteiger partial charge in [-0.05, 0) is 27.7 Å². The molecule has 1 fully saturated rings. The molecule has 0 bridgehead atoms. The largest absolute Gasteiger partial charge is 0.463 e. The summed E-state index contributed by atoms with van der Waals surface area (Å²) in [7, 11) is 0. The number of esters is 4. The van der Waals surface area contributed by atoms with E-state index in [1.165, 1.54) is 20.8 Å². The number of amides is 2. The molecule has 0 aromatic carbocycles. The molecule has 0 spiro atoms. The van der Waals surface area contributed by atoms with Gasteiger partial charge < -0.3 is 39.1 Å². The minimum Gasteiger partial charge on any atom is -0.463 e. The van der Waals surface area contributed by atoms with Crippen LogP contribution in [0, 0.1) is 0 Å². The van der Waals surface area contributed by atoms with E-state index in [0.29, 0.717) is 0 Å². The van der Waals surface area contributed by atoms with Gasteiger partial charge >= 0.3 is 23.9 Å². The third-order valence-corrected chi connectivity index (χ3v) is 4.91. The van der Waals surface area contributed by atoms with Crippen LogP contribution in [0.2, 0.25) is 0 Å². The first-order chi connectivity index (χ1) is 17.4. The van der Waals surface area contributed by atoms with E-state index in [0.717, 1.165) is 20.8 Å². The lowest BCUT2D eigenvalue weighted by molar-refractivity contribution is -0.288. The van der Waals surface area contributed by atoms with Gasteiger partial charge in [0, 0.05) is 34.6 Å². The molecule has 1 aliphatic heterocycles. The molecule has 2 amide bonds. The number of hydrogen-bond donors (Lipinski definition) is 2. The fraction of sp³-hybridized carbons (Fsp3) is 0.750. The van der Waals surface area contributed by atoms with Crippen LogP contribution in [0.25, 0.3) is 0 Å². The van der Waals surface area contributed by atoms with E-state index in [1.54, 1.807) is 20.8 Å². The summed E-state index contributed by atoms with van der Waals surface area (Å²) < 4.78 is 33.1. The Balaban J connectivity index is 3.46. The maximum atomic E-state index is 12.8. The highest BCUT2D eigenvalue weighted by Gasteiger charge is 2.52. The Hall–Kier alpha value is -3.26. The lowest BCUT2D eigenvalue weighted by Crippen LogP contribution is -2.67. The van der Waals surface area contributed by atoms with Crippen molar-refractivity contribution in [2.45, 2.75) is 111 Å². The van der Waals surface area contributed by atoms with Crippen LogP contribution in [0.15, 0.2) is 0 Å². The molecule has 14 heteroatoms. The topological polar surface area (TPSA) is 182 Å². The van der Waals surface area contributed by atoms with Gasteiger partial charge in [-0.15, -0.1) is 0 Å². The lowest BCUT2D eigenvalue weighted by Gasteiger charge is -2.45. The number of ether oxygens (including phenoxy) is 6. The van der Waals surface area contributed by atoms with Crippen molar-refractivity contribution >= 4 is 35.7 Å². The molecule has 1 saturated heterocycles. The lowest BCUT2D eigenvalue weighted by atomic mass is 9.95. The molecule has 38 heavy (non-hydrogen) atoms. The average molecular weight is 547 g/mol. The number of carbonyl (C=O) groups is 6. The molecule has 1 rings (SSSR count). The van der Waals surface area contributed by atoms with Crippen LogP contribution in [-0.2, 0) is 57.2 Å². The fourth-order valence-electron chi connectivity index (χ4n) is 3.65. The third-order valence-electron chi connectivity index (χ3n) is 4.91. The average Bonchev–Trinajstić information content (AvgIpc) is 2.72. The molecule has 7 atom stereocenters. The predicted octanol–water partition coefficient (Wildman–Crippen LogP) is -0.106. The van der Waals surface area contributed by atoms with Crippen LogP contribution in [0.3, 0.4) is 0 Å². The zero-order chi connectivity index (χ0) is 29.4. The quantitative estimate of drug-likeness (QED) is 0.274. The Bertz CT molecular complexity index is 899. The first kappa shape index (κ1) is 32.8. The maximum absolute atomic E-state index is 12.8. The van der Waals surface area contributed by atoms with Crippen LogP contribution >= 0.6 is 0 Å². The second kappa shape index (κ2) is 14.0. The molecule has 1 aliphatic rings. The Morgan fingerprint density at radius 1 is 0.842 bits per heavy atom. The Morgan fingerprint density at radius 2 is 1.39 bits per heavy atom. The van der Waals surface area contributed by atoms with Gasteiger partial charge in [0.2, 0.25) is 11.8 Å². The molecule has 0 aromatic rings. The Morgan fingerprint density at radius 3 is 1.84 bits per heavy atom. The zero-order valence-corrected chi connectivity index (χ0v) is 23.1. The molecule has 14 nitrogen and oxygen atoms in total. The van der Waals surface area contributed by atoms with Gasteiger partial charge in [0.05, 0.1) is 6.10 Å². The number of nitrogens with one attached hydrogen (secondary N) is 2. The van der Waals surface area contributed by atoms with Gasteiger partial charge in [-0.2, -0.15) is 0 Å². The molecule has 0 aliphatic carbocycles. The molecular weight excluding hydrogens is 508 g/mol. The summed E-state index contributed by atoms with van der Waals surface area (Å²) in [6.07, 6.45) is -6.38. The van der Waals surface area contributed by atoms with Gasteiger partial charge in [0.1, 0.15) is 24.4 Å². The first-order valence-corrected chi connectivity index (χ1v) is 12.0. The molecule has 0 unspecified atom stereocenters. The van der Waals surface area contributed by atoms with Crippen molar-refractivity contribution in [3.8, 4) is 0 Å². The second-order valence-electron chi connectivity index (χ2n) is 9.77. The standard InChI is InChI=1S/C24H38N2O12/c1-11(18(25-12(2)27)22(32)38-24(7,8)9)34-23-19(26-13(3)28)21(36-16(6)31)20(35-15(5)30)17(37-23)10-33-14(4)29/h11,17-21,23H,10H2,1-9H3,(H,25,27)(H,26,28)/t11-,17-,18+,19-,20+,21-,23+/m1/s1. The summed E-state index contributed by atoms with van der Waals surface area (Å²) in [5.74, 6) is -4.09. The van der Waals surface area contributed by atoms with Gasteiger partial charge in [0.25, 0.3) is 0 Å². The zero-order valence-electron chi connectivity index (χ0n) is 23.1. The number of rotatable bonds is 10. The highest BCUT2D eigenvalue weighted by Crippen LogP contribution is 2.29. The highest BCUT2D eigenvalue weighted by molar-refractivity contribution is 5.84. The molecule has 1 heterocycles. The summed E-state index contributed by atoms with van der Waals surface area (Å²) in [4.78, 5) is 72.1. The van der Waals surface area contributed by atoms with Gasteiger partial charge in [0.15, 0.2) is 24.5 Å². The normalized spacial score (nSPS) is 24.7. The third kappa shape index (κ3) is 11.0. The maximum Gasteiger partial charge on any atom is 0.331 e. The molecule has 216 valence electrons. The summed E-state index contributed by atoms with van der Waals surface area (Å²) in [6.45, 7) is 11.8. The van der Waals surface area contributed by atoms with E-state index in [9.17, 15) is 28.8 Å². The summed E-state index contributed by atoms with van der Waals surface area (Å²) in [5, 5.41) is 5.03. The molecular formula is C24H38N2O12. The number of hydrogen-bond acceptors (Lipinski definition) is 12. The van der Waals surface area contributed by atoms with E-state index in [-0.39, 0.29) is 0 Å². The fourth-order valence-corrected chi connectivity index (χ4v) is 3.65. The Labute approximate surface area is 221 Å².